The molecule has 112 valence electrons. The second-order valence-electron chi connectivity index (χ2n) is 5.79. The SMILES string of the molecule is Cc1ccc2c(C)c(Cc3ccc(Cl)cc3)c(=O)n(C)c2c1. The fourth-order valence-electron chi connectivity index (χ4n) is 2.89. The van der Waals surface area contributed by atoms with Gasteiger partial charge >= 0.3 is 0 Å². The first-order chi connectivity index (χ1) is 10.5. The molecule has 0 bridgehead atoms. The number of aryl methyl sites for hydroxylation is 3. The number of pyridine rings is 1. The van der Waals surface area contributed by atoms with E-state index in [-0.39, 0.29) is 5.56 Å². The molecule has 0 aliphatic carbocycles. The van der Waals surface area contributed by atoms with E-state index in [0.29, 0.717) is 11.4 Å². The Labute approximate surface area is 135 Å². The molecule has 3 heteroatoms. The van der Waals surface area contributed by atoms with Gasteiger partial charge in [-0.1, -0.05) is 35.9 Å². The van der Waals surface area contributed by atoms with Crippen LogP contribution in [0.3, 0.4) is 0 Å². The Hall–Kier alpha value is -2.06. The van der Waals surface area contributed by atoms with Crippen LogP contribution in [0.1, 0.15) is 22.3 Å². The standard InChI is InChI=1S/C19H18ClNO/c1-12-4-9-16-13(2)17(19(22)21(3)18(16)10-12)11-14-5-7-15(20)8-6-14/h4-10H,11H2,1-3H3. The van der Waals surface area contributed by atoms with Crippen LogP contribution in [0.25, 0.3) is 10.9 Å². The van der Waals surface area contributed by atoms with Crippen molar-refractivity contribution in [2.45, 2.75) is 20.3 Å². The summed E-state index contributed by atoms with van der Waals surface area (Å²) in [6, 6.07) is 13.9. The first-order valence-electron chi connectivity index (χ1n) is 7.30. The van der Waals surface area contributed by atoms with Gasteiger partial charge in [0.15, 0.2) is 0 Å². The maximum absolute atomic E-state index is 12.7. The summed E-state index contributed by atoms with van der Waals surface area (Å²) in [4.78, 5) is 12.7. The molecule has 2 aromatic carbocycles. The van der Waals surface area contributed by atoms with E-state index in [1.807, 2.05) is 45.2 Å². The highest BCUT2D eigenvalue weighted by molar-refractivity contribution is 6.30. The summed E-state index contributed by atoms with van der Waals surface area (Å²) in [6.45, 7) is 4.07. The molecule has 0 aliphatic rings. The smallest absolute Gasteiger partial charge is 0.254 e. The van der Waals surface area contributed by atoms with Crippen molar-refractivity contribution in [2.75, 3.05) is 0 Å². The lowest BCUT2D eigenvalue weighted by Crippen LogP contribution is -2.23. The molecule has 0 saturated heterocycles. The van der Waals surface area contributed by atoms with Crippen molar-refractivity contribution in [3.8, 4) is 0 Å². The van der Waals surface area contributed by atoms with Crippen LogP contribution >= 0.6 is 11.6 Å². The van der Waals surface area contributed by atoms with Crippen molar-refractivity contribution < 1.29 is 0 Å². The van der Waals surface area contributed by atoms with Crippen LogP contribution in [0, 0.1) is 13.8 Å². The predicted molar refractivity (Wildman–Crippen MR) is 92.9 cm³/mol. The molecule has 0 saturated carbocycles. The van der Waals surface area contributed by atoms with Crippen LogP contribution in [0.4, 0.5) is 0 Å². The molecular weight excluding hydrogens is 294 g/mol. The van der Waals surface area contributed by atoms with Gasteiger partial charge < -0.3 is 4.57 Å². The third-order valence-corrected chi connectivity index (χ3v) is 4.48. The van der Waals surface area contributed by atoms with E-state index in [9.17, 15) is 4.79 Å². The topological polar surface area (TPSA) is 22.0 Å². The fourth-order valence-corrected chi connectivity index (χ4v) is 3.01. The molecule has 0 radical (unpaired) electrons. The Kier molecular flexibility index (Phi) is 3.79. The van der Waals surface area contributed by atoms with Gasteiger partial charge in [-0.15, -0.1) is 0 Å². The van der Waals surface area contributed by atoms with Gasteiger partial charge in [-0.2, -0.15) is 0 Å². The van der Waals surface area contributed by atoms with Gasteiger partial charge in [-0.05, 0) is 48.7 Å². The third kappa shape index (κ3) is 2.55. The van der Waals surface area contributed by atoms with Crippen LogP contribution in [0.2, 0.25) is 5.02 Å². The molecule has 1 heterocycles. The monoisotopic (exact) mass is 311 g/mol. The molecule has 3 rings (SSSR count). The summed E-state index contributed by atoms with van der Waals surface area (Å²) in [5, 5.41) is 1.85. The van der Waals surface area contributed by atoms with Crippen LogP contribution < -0.4 is 5.56 Å². The van der Waals surface area contributed by atoms with Gasteiger partial charge in [0.25, 0.3) is 5.56 Å². The van der Waals surface area contributed by atoms with Crippen LogP contribution in [0.5, 0.6) is 0 Å². The quantitative estimate of drug-likeness (QED) is 0.687. The van der Waals surface area contributed by atoms with Crippen molar-refractivity contribution in [2.24, 2.45) is 7.05 Å². The summed E-state index contributed by atoms with van der Waals surface area (Å²) < 4.78 is 1.75. The zero-order valence-corrected chi connectivity index (χ0v) is 13.7. The van der Waals surface area contributed by atoms with Crippen molar-refractivity contribution in [1.82, 2.24) is 4.57 Å². The minimum absolute atomic E-state index is 0.0746. The molecule has 0 atom stereocenters. The maximum Gasteiger partial charge on any atom is 0.254 e. The lowest BCUT2D eigenvalue weighted by atomic mass is 9.98. The molecule has 0 amide bonds. The molecule has 0 N–H and O–H groups in total. The van der Waals surface area contributed by atoms with Gasteiger partial charge in [0.2, 0.25) is 0 Å². The Morgan fingerprint density at radius 1 is 1.05 bits per heavy atom. The van der Waals surface area contributed by atoms with Crippen molar-refractivity contribution in [3.05, 3.63) is 80.1 Å². The molecule has 0 fully saturated rings. The summed E-state index contributed by atoms with van der Waals surface area (Å²) in [7, 11) is 1.84. The second-order valence-corrected chi connectivity index (χ2v) is 6.23. The van der Waals surface area contributed by atoms with E-state index in [1.54, 1.807) is 4.57 Å². The van der Waals surface area contributed by atoms with Crippen LogP contribution in [-0.2, 0) is 13.5 Å². The van der Waals surface area contributed by atoms with E-state index in [4.69, 9.17) is 11.6 Å². The molecule has 0 aliphatic heterocycles. The van der Waals surface area contributed by atoms with E-state index < -0.39 is 0 Å². The van der Waals surface area contributed by atoms with Crippen molar-refractivity contribution >= 4 is 22.5 Å². The van der Waals surface area contributed by atoms with E-state index in [1.165, 1.54) is 0 Å². The van der Waals surface area contributed by atoms with Gasteiger partial charge in [0.05, 0.1) is 5.52 Å². The first kappa shape index (κ1) is 14.9. The predicted octanol–water partition coefficient (Wildman–Crippen LogP) is 4.40. The molecule has 0 spiro atoms. The van der Waals surface area contributed by atoms with Crippen LogP contribution in [-0.4, -0.2) is 4.57 Å². The summed E-state index contributed by atoms with van der Waals surface area (Å²) >= 11 is 5.93. The van der Waals surface area contributed by atoms with E-state index in [0.717, 1.165) is 33.2 Å². The number of benzene rings is 2. The number of rotatable bonds is 2. The molecular formula is C19H18ClNO. The highest BCUT2D eigenvalue weighted by atomic mass is 35.5. The average Bonchev–Trinajstić information content (AvgIpc) is 2.51. The molecule has 1 aromatic heterocycles. The minimum Gasteiger partial charge on any atom is -0.311 e. The zero-order chi connectivity index (χ0) is 15.9. The maximum atomic E-state index is 12.7. The van der Waals surface area contributed by atoms with Crippen LogP contribution in [0.15, 0.2) is 47.3 Å². The largest absolute Gasteiger partial charge is 0.311 e. The Morgan fingerprint density at radius 2 is 1.73 bits per heavy atom. The number of aromatic nitrogens is 1. The second kappa shape index (κ2) is 5.62. The van der Waals surface area contributed by atoms with Gasteiger partial charge in [0.1, 0.15) is 0 Å². The molecule has 0 unspecified atom stereocenters. The molecule has 22 heavy (non-hydrogen) atoms. The van der Waals surface area contributed by atoms with Crippen molar-refractivity contribution in [3.63, 3.8) is 0 Å². The Balaban J connectivity index is 2.19. The summed E-state index contributed by atoms with van der Waals surface area (Å²) in [6.07, 6.45) is 0.624. The summed E-state index contributed by atoms with van der Waals surface area (Å²) in [5.41, 5.74) is 5.23. The summed E-state index contributed by atoms with van der Waals surface area (Å²) in [5.74, 6) is 0. The highest BCUT2D eigenvalue weighted by Gasteiger charge is 2.12. The van der Waals surface area contributed by atoms with Gasteiger partial charge in [-0.25, -0.2) is 0 Å². The fraction of sp³-hybridized carbons (Fsp3) is 0.211. The van der Waals surface area contributed by atoms with Gasteiger partial charge in [0, 0.05) is 29.4 Å². The normalized spacial score (nSPS) is 11.1. The number of fused-ring (bicyclic) bond motifs is 1. The average molecular weight is 312 g/mol. The highest BCUT2D eigenvalue weighted by Crippen LogP contribution is 2.22. The number of halogens is 1. The zero-order valence-electron chi connectivity index (χ0n) is 13.0. The minimum atomic E-state index is 0.0746. The molecule has 3 aromatic rings. The number of hydrogen-bond acceptors (Lipinski definition) is 1. The molecule has 2 nitrogen and oxygen atoms in total. The van der Waals surface area contributed by atoms with E-state index >= 15 is 0 Å². The Bertz CT molecular complexity index is 907. The van der Waals surface area contributed by atoms with Gasteiger partial charge in [-0.3, -0.25) is 4.79 Å². The first-order valence-corrected chi connectivity index (χ1v) is 7.68. The van der Waals surface area contributed by atoms with E-state index in [2.05, 4.69) is 18.2 Å². The third-order valence-electron chi connectivity index (χ3n) is 4.23. The number of nitrogens with zero attached hydrogens (tertiary/aromatic N) is 1. The number of hydrogen-bond donors (Lipinski definition) is 0. The van der Waals surface area contributed by atoms with Crippen molar-refractivity contribution in [1.29, 1.82) is 0 Å². The lowest BCUT2D eigenvalue weighted by Gasteiger charge is -2.14. The lowest BCUT2D eigenvalue weighted by molar-refractivity contribution is 0.875. The Morgan fingerprint density at radius 3 is 2.41 bits per heavy atom.